The zero-order chi connectivity index (χ0) is 35.6. The van der Waals surface area contributed by atoms with E-state index in [2.05, 4.69) is 15.5 Å². The van der Waals surface area contributed by atoms with Crippen LogP contribution < -0.4 is 15.4 Å². The molecule has 12 heteroatoms. The van der Waals surface area contributed by atoms with Gasteiger partial charge < -0.3 is 30.1 Å². The van der Waals surface area contributed by atoms with Crippen LogP contribution in [0.5, 0.6) is 5.75 Å². The second kappa shape index (κ2) is 15.5. The Hall–Kier alpha value is -3.38. The molecule has 2 aliphatic carbocycles. The summed E-state index contributed by atoms with van der Waals surface area (Å²) in [4.78, 5) is 60.6. The van der Waals surface area contributed by atoms with Crippen molar-refractivity contribution in [1.29, 1.82) is 0 Å². The monoisotopic (exact) mass is 695 g/mol. The van der Waals surface area contributed by atoms with Gasteiger partial charge in [0.1, 0.15) is 23.9 Å². The van der Waals surface area contributed by atoms with Gasteiger partial charge in [0.05, 0.1) is 18.8 Å². The Morgan fingerprint density at radius 2 is 1.76 bits per heavy atom. The number of para-hydroxylation sites is 1. The van der Waals surface area contributed by atoms with Crippen molar-refractivity contribution in [3.8, 4) is 5.75 Å². The highest BCUT2D eigenvalue weighted by Gasteiger charge is 2.48. The third-order valence-electron chi connectivity index (χ3n) is 11.2. The van der Waals surface area contributed by atoms with Gasteiger partial charge in [0.2, 0.25) is 17.7 Å². The van der Waals surface area contributed by atoms with E-state index in [0.29, 0.717) is 32.0 Å². The molecule has 6 atom stereocenters. The lowest BCUT2D eigenvalue weighted by Gasteiger charge is -2.45. The maximum atomic E-state index is 14.9. The number of nitrogens with zero attached hydrogens (tertiary/aromatic N) is 3. The number of piperazine rings is 1. The number of carboxylic acid groups (broad SMARTS) is 1. The third kappa shape index (κ3) is 8.73. The minimum absolute atomic E-state index is 0.0481. The first kappa shape index (κ1) is 36.4. The van der Waals surface area contributed by atoms with Gasteiger partial charge in [0.25, 0.3) is 0 Å². The average molecular weight is 696 g/mol. The van der Waals surface area contributed by atoms with E-state index < -0.39 is 30.1 Å². The van der Waals surface area contributed by atoms with Gasteiger partial charge in [-0.3, -0.25) is 24.2 Å². The van der Waals surface area contributed by atoms with E-state index in [9.17, 15) is 24.3 Å². The van der Waals surface area contributed by atoms with Crippen molar-refractivity contribution < 1.29 is 33.8 Å². The normalized spacial score (nSPS) is 26.9. The van der Waals surface area contributed by atoms with Crippen molar-refractivity contribution >= 4 is 23.8 Å². The zero-order valence-electron chi connectivity index (χ0n) is 30.3. The molecule has 2 saturated heterocycles. The summed E-state index contributed by atoms with van der Waals surface area (Å²) in [7, 11) is 0. The second-order valence-corrected chi connectivity index (χ2v) is 16.5. The van der Waals surface area contributed by atoms with Gasteiger partial charge in [-0.15, -0.1) is 0 Å². The number of carbonyl (C=O) groups excluding carboxylic acids is 3. The molecule has 0 spiro atoms. The Kier molecular flexibility index (Phi) is 11.3. The summed E-state index contributed by atoms with van der Waals surface area (Å²) in [6.07, 6.45) is 7.27. The van der Waals surface area contributed by atoms with Crippen LogP contribution in [0, 0.1) is 17.3 Å². The first-order chi connectivity index (χ1) is 23.9. The average Bonchev–Trinajstić information content (AvgIpc) is 3.84. The lowest BCUT2D eigenvalue weighted by molar-refractivity contribution is -0.150. The van der Waals surface area contributed by atoms with Crippen LogP contribution >= 0.6 is 0 Å². The van der Waals surface area contributed by atoms with Gasteiger partial charge in [0, 0.05) is 50.8 Å². The van der Waals surface area contributed by atoms with Gasteiger partial charge >= 0.3 is 6.09 Å². The van der Waals surface area contributed by atoms with Crippen molar-refractivity contribution in [2.24, 2.45) is 17.3 Å². The van der Waals surface area contributed by atoms with Crippen LogP contribution in [0.15, 0.2) is 24.3 Å². The van der Waals surface area contributed by atoms with Crippen LogP contribution in [-0.2, 0) is 19.1 Å². The van der Waals surface area contributed by atoms with Gasteiger partial charge in [-0.2, -0.15) is 0 Å². The number of rotatable bonds is 11. The van der Waals surface area contributed by atoms with Gasteiger partial charge in [-0.1, -0.05) is 58.2 Å². The van der Waals surface area contributed by atoms with Crippen molar-refractivity contribution in [1.82, 2.24) is 25.3 Å². The largest absolute Gasteiger partial charge is 0.493 e. The molecule has 276 valence electrons. The first-order valence-corrected chi connectivity index (χ1v) is 18.9. The Morgan fingerprint density at radius 3 is 2.46 bits per heavy atom. The number of nitrogens with one attached hydrogen (secondary N) is 2. The van der Waals surface area contributed by atoms with Crippen LogP contribution in [0.1, 0.15) is 97.1 Å². The first-order valence-electron chi connectivity index (χ1n) is 18.9. The summed E-state index contributed by atoms with van der Waals surface area (Å²) in [6.45, 7) is 10.3. The molecule has 6 rings (SSSR count). The number of fused-ring (bicyclic) bond motifs is 2. The summed E-state index contributed by atoms with van der Waals surface area (Å²) >= 11 is 0. The number of carbonyl (C=O) groups is 4. The summed E-state index contributed by atoms with van der Waals surface area (Å²) < 4.78 is 12.1. The molecule has 50 heavy (non-hydrogen) atoms. The van der Waals surface area contributed by atoms with Crippen LogP contribution in [0.3, 0.4) is 0 Å². The van der Waals surface area contributed by atoms with Crippen molar-refractivity contribution in [2.75, 3.05) is 39.4 Å². The molecule has 0 radical (unpaired) electrons. The summed E-state index contributed by atoms with van der Waals surface area (Å²) in [5, 5.41) is 16.3. The summed E-state index contributed by atoms with van der Waals surface area (Å²) in [6, 6.07) is 4.93. The van der Waals surface area contributed by atoms with Gasteiger partial charge in [-0.05, 0) is 62.3 Å². The Bertz CT molecular complexity index is 1390. The predicted octanol–water partition coefficient (Wildman–Crippen LogP) is 4.19. The number of benzene rings is 1. The van der Waals surface area contributed by atoms with Crippen molar-refractivity contribution in [2.45, 2.75) is 122 Å². The molecular weight excluding hydrogens is 638 g/mol. The van der Waals surface area contributed by atoms with E-state index >= 15 is 0 Å². The van der Waals surface area contributed by atoms with E-state index in [1.54, 1.807) is 11.8 Å². The highest BCUT2D eigenvalue weighted by Crippen LogP contribution is 2.35. The van der Waals surface area contributed by atoms with Gasteiger partial charge in [0.15, 0.2) is 0 Å². The molecule has 0 unspecified atom stereocenters. The topological polar surface area (TPSA) is 141 Å². The number of hydrogen-bond donors (Lipinski definition) is 3. The SMILES string of the molecule is C[C@@H](C(=O)N[C@H](C(=O)N1C[C@H]2C[C@@H](OCC3CC3)CN2C[C@H]1C(=O)N[C@@H]1CCOc2ccccc21)C1CCCCC1)N(CC(C)(C)C)C(=O)O. The summed E-state index contributed by atoms with van der Waals surface area (Å²) in [5.41, 5.74) is 0.561. The quantitative estimate of drug-likeness (QED) is 0.313. The molecule has 1 aromatic carbocycles. The lowest BCUT2D eigenvalue weighted by Crippen LogP contribution is -2.66. The molecule has 4 amide bonds. The molecule has 5 aliphatic rings. The fourth-order valence-corrected chi connectivity index (χ4v) is 8.26. The molecule has 0 aromatic heterocycles. The highest BCUT2D eigenvalue weighted by atomic mass is 16.5. The van der Waals surface area contributed by atoms with Crippen LogP contribution in [-0.4, -0.2) is 113 Å². The molecule has 3 N–H and O–H groups in total. The minimum Gasteiger partial charge on any atom is -0.493 e. The lowest BCUT2D eigenvalue weighted by atomic mass is 9.82. The standard InChI is InChI=1S/C38H57N5O7/c1-24(43(37(47)48)23-38(2,3)4)34(44)40-33(26-10-6-5-7-11-26)36(46)42-19-27-18-28(50-22-25-14-15-25)20-41(27)21-31(42)35(45)39-30-16-17-49-32-13-9-8-12-29(30)32/h8-9,12-13,24-28,30-31,33H,5-7,10-11,14-23H2,1-4H3,(H,39,45)(H,40,44)(H,47,48)/t24-,27+,28+,30+,31-,33-/m0/s1. The summed E-state index contributed by atoms with van der Waals surface area (Å²) in [5.74, 6) is 0.333. The maximum Gasteiger partial charge on any atom is 0.407 e. The highest BCUT2D eigenvalue weighted by molar-refractivity contribution is 5.94. The minimum atomic E-state index is -1.18. The molecule has 0 bridgehead atoms. The smallest absolute Gasteiger partial charge is 0.407 e. The van der Waals surface area contributed by atoms with Crippen LogP contribution in [0.4, 0.5) is 4.79 Å². The predicted molar refractivity (Wildman–Crippen MR) is 188 cm³/mol. The molecular formula is C38H57N5O7. The van der Waals surface area contributed by atoms with Crippen molar-refractivity contribution in [3.05, 3.63) is 29.8 Å². The zero-order valence-corrected chi connectivity index (χ0v) is 30.3. The van der Waals surface area contributed by atoms with E-state index in [4.69, 9.17) is 9.47 Å². The fraction of sp³-hybridized carbons (Fsp3) is 0.737. The Morgan fingerprint density at radius 1 is 1.02 bits per heavy atom. The maximum absolute atomic E-state index is 14.9. The van der Waals surface area contributed by atoms with Gasteiger partial charge in [-0.25, -0.2) is 4.79 Å². The molecule has 3 heterocycles. The van der Waals surface area contributed by atoms with E-state index in [0.717, 1.165) is 67.9 Å². The Balaban J connectivity index is 1.25. The molecule has 4 fully saturated rings. The number of hydrogen-bond acceptors (Lipinski definition) is 7. The van der Waals surface area contributed by atoms with E-state index in [1.165, 1.54) is 12.8 Å². The fourth-order valence-electron chi connectivity index (χ4n) is 8.26. The number of ether oxygens (including phenoxy) is 2. The van der Waals surface area contributed by atoms with Crippen LogP contribution in [0.25, 0.3) is 0 Å². The third-order valence-corrected chi connectivity index (χ3v) is 11.2. The molecule has 2 saturated carbocycles. The van der Waals surface area contributed by atoms with E-state index in [-0.39, 0.29) is 47.9 Å². The number of amides is 4. The molecule has 1 aromatic rings. The molecule has 3 aliphatic heterocycles. The molecule has 12 nitrogen and oxygen atoms in total. The van der Waals surface area contributed by atoms with E-state index in [1.807, 2.05) is 45.0 Å². The Labute approximate surface area is 296 Å². The van der Waals surface area contributed by atoms with Crippen molar-refractivity contribution in [3.63, 3.8) is 0 Å². The van der Waals surface area contributed by atoms with Crippen LogP contribution in [0.2, 0.25) is 0 Å². The second-order valence-electron chi connectivity index (χ2n) is 16.5.